The molecule has 1 rings (SSSR count). The molecule has 2 nitrogen and oxygen atoms in total. The molecular formula is C8H18NO+. The Morgan fingerprint density at radius 1 is 1.40 bits per heavy atom. The van der Waals surface area contributed by atoms with Crippen molar-refractivity contribution in [3.8, 4) is 0 Å². The van der Waals surface area contributed by atoms with Gasteiger partial charge in [-0.05, 0) is 13.3 Å². The number of hydrogen-bond acceptors (Lipinski definition) is 1. The summed E-state index contributed by atoms with van der Waals surface area (Å²) in [4.78, 5) is 1.46. The lowest BCUT2D eigenvalue weighted by atomic mass is 9.91. The van der Waals surface area contributed by atoms with Crippen LogP contribution < -0.4 is 4.90 Å². The molecule has 2 N–H and O–H groups in total. The Balaban J connectivity index is 2.49. The van der Waals surface area contributed by atoms with Gasteiger partial charge in [-0.2, -0.15) is 0 Å². The Labute approximate surface area is 62.8 Å². The first-order chi connectivity index (χ1) is 4.61. The third-order valence-electron chi connectivity index (χ3n) is 2.83. The average Bonchev–Trinajstić information content (AvgIpc) is 1.82. The number of likely N-dealkylation sites (tertiary alicyclic amines) is 1. The lowest BCUT2D eigenvalue weighted by molar-refractivity contribution is -0.917. The topological polar surface area (TPSA) is 24.7 Å². The number of quaternary nitrogens is 1. The maximum absolute atomic E-state index is 9.35. The molecule has 60 valence electrons. The van der Waals surface area contributed by atoms with Crippen molar-refractivity contribution in [2.24, 2.45) is 5.92 Å². The molecule has 1 saturated heterocycles. The smallest absolute Gasteiger partial charge is 0.103 e. The van der Waals surface area contributed by atoms with E-state index in [-0.39, 0.29) is 6.10 Å². The Morgan fingerprint density at radius 2 is 2.00 bits per heavy atom. The fourth-order valence-electron chi connectivity index (χ4n) is 1.76. The van der Waals surface area contributed by atoms with Gasteiger partial charge in [0.1, 0.15) is 12.6 Å². The quantitative estimate of drug-likeness (QED) is 0.461. The van der Waals surface area contributed by atoms with E-state index in [0.717, 1.165) is 13.0 Å². The van der Waals surface area contributed by atoms with Crippen molar-refractivity contribution >= 4 is 0 Å². The Morgan fingerprint density at radius 3 is 2.50 bits per heavy atom. The molecule has 1 heterocycles. The number of rotatable bonds is 0. The molecule has 0 aromatic heterocycles. The second-order valence-corrected chi connectivity index (χ2v) is 3.71. The van der Waals surface area contributed by atoms with Gasteiger partial charge in [-0.1, -0.05) is 6.92 Å². The summed E-state index contributed by atoms with van der Waals surface area (Å²) in [5.74, 6) is 0.670. The van der Waals surface area contributed by atoms with Crippen LogP contribution in [0.15, 0.2) is 0 Å². The van der Waals surface area contributed by atoms with Crippen molar-refractivity contribution in [3.63, 3.8) is 0 Å². The minimum absolute atomic E-state index is 0.0637. The minimum atomic E-state index is -0.0637. The molecule has 10 heavy (non-hydrogen) atoms. The van der Waals surface area contributed by atoms with E-state index in [9.17, 15) is 5.11 Å². The standard InChI is InChI=1S/C8H17NO/c1-6-4-8(10)5-9(3)7(6)2/h6-8,10H,4-5H2,1-3H3/p+1. The first-order valence-electron chi connectivity index (χ1n) is 4.11. The van der Waals surface area contributed by atoms with Crippen LogP contribution in [0.3, 0.4) is 0 Å². The molecule has 1 fully saturated rings. The highest BCUT2D eigenvalue weighted by atomic mass is 16.3. The maximum atomic E-state index is 9.35. The minimum Gasteiger partial charge on any atom is -0.387 e. The van der Waals surface area contributed by atoms with Gasteiger partial charge in [0.25, 0.3) is 0 Å². The molecule has 4 atom stereocenters. The number of likely N-dealkylation sites (N-methyl/N-ethyl adjacent to an activating group) is 1. The highest BCUT2D eigenvalue weighted by molar-refractivity contribution is 4.69. The zero-order chi connectivity index (χ0) is 7.72. The third kappa shape index (κ3) is 1.50. The summed E-state index contributed by atoms with van der Waals surface area (Å²) in [5, 5.41) is 9.35. The van der Waals surface area contributed by atoms with Gasteiger partial charge >= 0.3 is 0 Å². The Bertz CT molecular complexity index is 104. The first-order valence-corrected chi connectivity index (χ1v) is 4.11. The molecule has 0 aromatic rings. The van der Waals surface area contributed by atoms with Gasteiger partial charge in [0, 0.05) is 5.92 Å². The number of aliphatic hydroxyl groups excluding tert-OH is 1. The molecule has 0 amide bonds. The fourth-order valence-corrected chi connectivity index (χ4v) is 1.76. The molecule has 1 aliphatic rings. The molecule has 1 aliphatic heterocycles. The van der Waals surface area contributed by atoms with Gasteiger partial charge in [0.2, 0.25) is 0 Å². The van der Waals surface area contributed by atoms with Crippen LogP contribution in [0, 0.1) is 5.92 Å². The van der Waals surface area contributed by atoms with E-state index < -0.39 is 0 Å². The lowest BCUT2D eigenvalue weighted by Crippen LogP contribution is -3.15. The lowest BCUT2D eigenvalue weighted by Gasteiger charge is -2.34. The Kier molecular flexibility index (Phi) is 2.32. The molecular weight excluding hydrogens is 126 g/mol. The molecule has 4 unspecified atom stereocenters. The predicted octanol–water partition coefficient (Wildman–Crippen LogP) is -0.710. The van der Waals surface area contributed by atoms with Crippen molar-refractivity contribution in [1.82, 2.24) is 0 Å². The number of aliphatic hydroxyl groups is 1. The van der Waals surface area contributed by atoms with Crippen molar-refractivity contribution < 1.29 is 10.0 Å². The van der Waals surface area contributed by atoms with E-state index in [0.29, 0.717) is 12.0 Å². The molecule has 0 aromatic carbocycles. The van der Waals surface area contributed by atoms with Crippen molar-refractivity contribution in [2.45, 2.75) is 32.4 Å². The van der Waals surface area contributed by atoms with Gasteiger partial charge in [0.05, 0.1) is 13.1 Å². The monoisotopic (exact) mass is 144 g/mol. The third-order valence-corrected chi connectivity index (χ3v) is 2.83. The van der Waals surface area contributed by atoms with Crippen LogP contribution in [0.5, 0.6) is 0 Å². The summed E-state index contributed by atoms with van der Waals surface area (Å²) in [6, 6.07) is 0.711. The highest BCUT2D eigenvalue weighted by Gasteiger charge is 2.30. The highest BCUT2D eigenvalue weighted by Crippen LogP contribution is 2.11. The SMILES string of the molecule is CC1CC(O)C[NH+](C)C1C. The summed E-state index contributed by atoms with van der Waals surface area (Å²) >= 11 is 0. The van der Waals surface area contributed by atoms with Gasteiger partial charge < -0.3 is 10.0 Å². The molecule has 0 saturated carbocycles. The largest absolute Gasteiger partial charge is 0.387 e. The zero-order valence-corrected chi connectivity index (χ0v) is 7.09. The second kappa shape index (κ2) is 2.89. The maximum Gasteiger partial charge on any atom is 0.103 e. The first kappa shape index (κ1) is 8.02. The van der Waals surface area contributed by atoms with Gasteiger partial charge in [-0.3, -0.25) is 0 Å². The van der Waals surface area contributed by atoms with Crippen molar-refractivity contribution in [1.29, 1.82) is 0 Å². The summed E-state index contributed by atoms with van der Waals surface area (Å²) in [6.07, 6.45) is 0.921. The predicted molar refractivity (Wildman–Crippen MR) is 41.0 cm³/mol. The second-order valence-electron chi connectivity index (χ2n) is 3.71. The van der Waals surface area contributed by atoms with Gasteiger partial charge in [0.15, 0.2) is 0 Å². The van der Waals surface area contributed by atoms with Crippen molar-refractivity contribution in [2.75, 3.05) is 13.6 Å². The average molecular weight is 144 g/mol. The molecule has 0 bridgehead atoms. The van der Waals surface area contributed by atoms with E-state index in [1.54, 1.807) is 0 Å². The Hall–Kier alpha value is -0.0800. The van der Waals surface area contributed by atoms with Gasteiger partial charge in [-0.15, -0.1) is 0 Å². The number of piperidine rings is 1. The molecule has 2 heteroatoms. The van der Waals surface area contributed by atoms with Gasteiger partial charge in [-0.25, -0.2) is 0 Å². The zero-order valence-electron chi connectivity index (χ0n) is 7.09. The van der Waals surface area contributed by atoms with Crippen LogP contribution >= 0.6 is 0 Å². The van der Waals surface area contributed by atoms with Crippen LogP contribution in [0.25, 0.3) is 0 Å². The summed E-state index contributed by atoms with van der Waals surface area (Å²) in [6.45, 7) is 5.40. The summed E-state index contributed by atoms with van der Waals surface area (Å²) in [7, 11) is 2.16. The number of nitrogens with one attached hydrogen (secondary N) is 1. The van der Waals surface area contributed by atoms with E-state index in [1.165, 1.54) is 4.90 Å². The van der Waals surface area contributed by atoms with Crippen LogP contribution in [-0.4, -0.2) is 30.8 Å². The van der Waals surface area contributed by atoms with E-state index in [4.69, 9.17) is 0 Å². The molecule has 0 aliphatic carbocycles. The molecule has 0 radical (unpaired) electrons. The van der Waals surface area contributed by atoms with Crippen molar-refractivity contribution in [3.05, 3.63) is 0 Å². The van der Waals surface area contributed by atoms with E-state index in [1.807, 2.05) is 0 Å². The summed E-state index contributed by atoms with van der Waals surface area (Å²) in [5.41, 5.74) is 0. The van der Waals surface area contributed by atoms with E-state index in [2.05, 4.69) is 20.9 Å². The summed E-state index contributed by atoms with van der Waals surface area (Å²) < 4.78 is 0. The van der Waals surface area contributed by atoms with E-state index >= 15 is 0 Å². The van der Waals surface area contributed by atoms with Crippen LogP contribution in [0.1, 0.15) is 20.3 Å². The van der Waals surface area contributed by atoms with Crippen LogP contribution in [0.4, 0.5) is 0 Å². The van der Waals surface area contributed by atoms with Crippen LogP contribution in [0.2, 0.25) is 0 Å². The molecule has 0 spiro atoms. The fraction of sp³-hybridized carbons (Fsp3) is 1.00. The number of hydrogen-bond donors (Lipinski definition) is 2. The normalized spacial score (nSPS) is 49.2. The van der Waals surface area contributed by atoms with Crippen LogP contribution in [-0.2, 0) is 0 Å².